The highest BCUT2D eigenvalue weighted by atomic mass is 16.2. The summed E-state index contributed by atoms with van der Waals surface area (Å²) in [4.78, 5) is 21.6. The molecule has 210 valence electrons. The van der Waals surface area contributed by atoms with Crippen molar-refractivity contribution in [3.05, 3.63) is 34.3 Å². The van der Waals surface area contributed by atoms with Gasteiger partial charge in [-0.15, -0.1) is 0 Å². The molecule has 2 aromatic heterocycles. The zero-order chi connectivity index (χ0) is 27.2. The molecule has 3 aliphatic carbocycles. The number of likely N-dealkylation sites (tertiary alicyclic amines) is 1. The normalized spacial score (nSPS) is 26.1. The molecule has 0 unspecified atom stereocenters. The van der Waals surface area contributed by atoms with Crippen LogP contribution in [0, 0.1) is 24.7 Å². The number of aryl methyl sites for hydroxylation is 2. The van der Waals surface area contributed by atoms with E-state index in [9.17, 15) is 4.79 Å². The molecule has 0 aromatic carbocycles. The molecule has 0 atom stereocenters. The second kappa shape index (κ2) is 10.2. The molecular weight excluding hydrogens is 488 g/mol. The lowest BCUT2D eigenvalue weighted by molar-refractivity contribution is -0.130. The van der Waals surface area contributed by atoms with Crippen molar-refractivity contribution in [3.63, 3.8) is 0 Å². The first-order valence-electron chi connectivity index (χ1n) is 14.9. The van der Waals surface area contributed by atoms with E-state index in [2.05, 4.69) is 38.2 Å². The topological polar surface area (TPSA) is 102 Å². The summed E-state index contributed by atoms with van der Waals surface area (Å²) in [6.07, 6.45) is 11.8. The molecule has 9 nitrogen and oxygen atoms in total. The van der Waals surface area contributed by atoms with Crippen LogP contribution in [0.4, 0.5) is 11.5 Å². The predicted molar refractivity (Wildman–Crippen MR) is 155 cm³/mol. The SMILES string of the molecule is CNc1nc(C)cc(N2CCc3c(c(C)nn3CC34CCC(NCC(=O)N5CCCC5)(CC3)CC4)C2)c1C=N. The van der Waals surface area contributed by atoms with E-state index >= 15 is 0 Å². The van der Waals surface area contributed by atoms with Crippen molar-refractivity contribution in [2.75, 3.05) is 43.4 Å². The first kappa shape index (κ1) is 26.3. The molecule has 2 aliphatic heterocycles. The molecular formula is C30H44N8O. The van der Waals surface area contributed by atoms with Crippen LogP contribution in [0.2, 0.25) is 0 Å². The lowest BCUT2D eigenvalue weighted by atomic mass is 9.57. The Hall–Kier alpha value is -2.94. The number of nitrogens with one attached hydrogen (secondary N) is 3. The number of hydrogen-bond acceptors (Lipinski definition) is 7. The molecule has 2 aromatic rings. The first-order valence-corrected chi connectivity index (χ1v) is 14.9. The maximum atomic E-state index is 12.6. The fourth-order valence-corrected chi connectivity index (χ4v) is 7.68. The van der Waals surface area contributed by atoms with Crippen molar-refractivity contribution in [3.8, 4) is 0 Å². The third kappa shape index (κ3) is 4.83. The average molecular weight is 533 g/mol. The van der Waals surface area contributed by atoms with E-state index in [0.29, 0.717) is 12.0 Å². The molecule has 4 fully saturated rings. The van der Waals surface area contributed by atoms with E-state index in [1.165, 1.54) is 36.7 Å². The predicted octanol–water partition coefficient (Wildman–Crippen LogP) is 3.80. The van der Waals surface area contributed by atoms with Crippen molar-refractivity contribution < 1.29 is 4.79 Å². The Bertz CT molecular complexity index is 1240. The molecule has 0 radical (unpaired) electrons. The number of anilines is 2. The Kier molecular flexibility index (Phi) is 6.90. The van der Waals surface area contributed by atoms with Gasteiger partial charge in [0.15, 0.2) is 0 Å². The maximum Gasteiger partial charge on any atom is 0.236 e. The van der Waals surface area contributed by atoms with Gasteiger partial charge in [0.2, 0.25) is 5.91 Å². The molecule has 39 heavy (non-hydrogen) atoms. The number of nitrogens with zero attached hydrogens (tertiary/aromatic N) is 5. The molecule has 2 bridgehead atoms. The molecule has 1 amide bonds. The fourth-order valence-electron chi connectivity index (χ4n) is 7.68. The Balaban J connectivity index is 1.13. The summed E-state index contributed by atoms with van der Waals surface area (Å²) in [7, 11) is 1.87. The third-order valence-electron chi connectivity index (χ3n) is 10.2. The van der Waals surface area contributed by atoms with E-state index in [0.717, 1.165) is 99.7 Å². The molecule has 7 rings (SSSR count). The first-order chi connectivity index (χ1) is 18.8. The molecule has 4 heterocycles. The summed E-state index contributed by atoms with van der Waals surface area (Å²) in [5, 5.41) is 20.0. The van der Waals surface area contributed by atoms with E-state index in [1.54, 1.807) is 0 Å². The number of rotatable bonds is 8. The summed E-state index contributed by atoms with van der Waals surface area (Å²) in [6.45, 7) is 9.28. The highest BCUT2D eigenvalue weighted by Crippen LogP contribution is 2.53. The van der Waals surface area contributed by atoms with Crippen LogP contribution in [0.5, 0.6) is 0 Å². The van der Waals surface area contributed by atoms with Gasteiger partial charge in [0, 0.05) is 74.9 Å². The lowest BCUT2D eigenvalue weighted by Crippen LogP contribution is -2.57. The molecule has 0 spiro atoms. The van der Waals surface area contributed by atoms with Crippen molar-refractivity contribution >= 4 is 23.6 Å². The number of fused-ring (bicyclic) bond motifs is 4. The zero-order valence-corrected chi connectivity index (χ0v) is 23.9. The smallest absolute Gasteiger partial charge is 0.236 e. The fraction of sp³-hybridized carbons (Fsp3) is 0.667. The summed E-state index contributed by atoms with van der Waals surface area (Å²) in [5.74, 6) is 1.05. The summed E-state index contributed by atoms with van der Waals surface area (Å²) >= 11 is 0. The number of aromatic nitrogens is 3. The molecule has 3 N–H and O–H groups in total. The van der Waals surface area contributed by atoms with Gasteiger partial charge in [-0.1, -0.05) is 0 Å². The summed E-state index contributed by atoms with van der Waals surface area (Å²) < 4.78 is 2.35. The zero-order valence-electron chi connectivity index (χ0n) is 23.9. The molecule has 3 saturated carbocycles. The number of pyridine rings is 1. The number of amides is 1. The van der Waals surface area contributed by atoms with Crippen molar-refractivity contribution in [2.24, 2.45) is 5.41 Å². The highest BCUT2D eigenvalue weighted by molar-refractivity contribution is 5.92. The number of carbonyl (C=O) groups is 1. The van der Waals surface area contributed by atoms with Crippen LogP contribution in [0.15, 0.2) is 6.07 Å². The van der Waals surface area contributed by atoms with Crippen molar-refractivity contribution in [2.45, 2.75) is 90.3 Å². The molecule has 9 heteroatoms. The second-order valence-corrected chi connectivity index (χ2v) is 12.5. The minimum atomic E-state index is 0.151. The van der Waals surface area contributed by atoms with Crippen molar-refractivity contribution in [1.82, 2.24) is 25.0 Å². The van der Waals surface area contributed by atoms with Gasteiger partial charge in [0.25, 0.3) is 0 Å². The van der Waals surface area contributed by atoms with Crippen LogP contribution in [0.1, 0.15) is 79.6 Å². The average Bonchev–Trinajstić information content (AvgIpc) is 3.61. The van der Waals surface area contributed by atoms with Gasteiger partial charge in [0.1, 0.15) is 5.82 Å². The highest BCUT2D eigenvalue weighted by Gasteiger charge is 2.49. The van der Waals surface area contributed by atoms with Gasteiger partial charge in [-0.2, -0.15) is 5.10 Å². The van der Waals surface area contributed by atoms with E-state index in [4.69, 9.17) is 10.5 Å². The van der Waals surface area contributed by atoms with E-state index < -0.39 is 0 Å². The monoisotopic (exact) mass is 532 g/mol. The standard InChI is InChI=1S/C30H44N8O/c1-21-16-26(23(17-31)28(32-3)34-21)37-15-6-25-24(19-37)22(2)35-38(25)20-29-7-10-30(11-8-29,12-9-29)33-18-27(39)36-13-4-5-14-36/h16-17,31,33H,4-15,18-20H2,1-3H3,(H,32,34). The van der Waals surface area contributed by atoms with Gasteiger partial charge < -0.3 is 25.8 Å². The summed E-state index contributed by atoms with van der Waals surface area (Å²) in [5.41, 5.74) is 7.22. The van der Waals surface area contributed by atoms with E-state index in [1.807, 2.05) is 18.9 Å². The van der Waals surface area contributed by atoms with Crippen LogP contribution in [0.3, 0.4) is 0 Å². The van der Waals surface area contributed by atoms with Gasteiger partial charge in [-0.05, 0) is 76.7 Å². The number of hydrogen-bond donors (Lipinski definition) is 3. The molecule has 1 saturated heterocycles. The largest absolute Gasteiger partial charge is 0.373 e. The number of carbonyl (C=O) groups excluding carboxylic acids is 1. The van der Waals surface area contributed by atoms with Gasteiger partial charge >= 0.3 is 0 Å². The second-order valence-electron chi connectivity index (χ2n) is 12.5. The Morgan fingerprint density at radius 2 is 1.82 bits per heavy atom. The van der Waals surface area contributed by atoms with Crippen LogP contribution in [-0.4, -0.2) is 70.6 Å². The van der Waals surface area contributed by atoms with Crippen LogP contribution < -0.4 is 15.5 Å². The minimum Gasteiger partial charge on any atom is -0.373 e. The third-order valence-corrected chi connectivity index (χ3v) is 10.2. The quantitative estimate of drug-likeness (QED) is 0.447. The van der Waals surface area contributed by atoms with Gasteiger partial charge in [0.05, 0.1) is 23.5 Å². The maximum absolute atomic E-state index is 12.6. The van der Waals surface area contributed by atoms with Gasteiger partial charge in [-0.3, -0.25) is 9.48 Å². The summed E-state index contributed by atoms with van der Waals surface area (Å²) in [6, 6.07) is 2.11. The van der Waals surface area contributed by atoms with Crippen LogP contribution >= 0.6 is 0 Å². The van der Waals surface area contributed by atoms with Gasteiger partial charge in [-0.25, -0.2) is 4.98 Å². The lowest BCUT2D eigenvalue weighted by Gasteiger charge is -2.54. The Morgan fingerprint density at radius 1 is 1.10 bits per heavy atom. The Labute approximate surface area is 232 Å². The van der Waals surface area contributed by atoms with E-state index in [-0.39, 0.29) is 11.4 Å². The van der Waals surface area contributed by atoms with Crippen molar-refractivity contribution in [1.29, 1.82) is 5.41 Å². The van der Waals surface area contributed by atoms with Crippen LogP contribution in [-0.2, 0) is 24.3 Å². The minimum absolute atomic E-state index is 0.151. The van der Waals surface area contributed by atoms with Crippen LogP contribution in [0.25, 0.3) is 0 Å². The molecule has 5 aliphatic rings. The Morgan fingerprint density at radius 3 is 2.49 bits per heavy atom.